The second-order valence-electron chi connectivity index (χ2n) is 9.44. The van der Waals surface area contributed by atoms with Crippen LogP contribution in [0, 0.1) is 6.92 Å². The minimum atomic E-state index is -0.954. The molecule has 0 aliphatic carbocycles. The predicted octanol–water partition coefficient (Wildman–Crippen LogP) is 5.12. The number of nitrogens with one attached hydrogen (secondary N) is 1. The lowest BCUT2D eigenvalue weighted by Crippen LogP contribution is -2.50. The lowest BCUT2D eigenvalue weighted by Gasteiger charge is -2.34. The van der Waals surface area contributed by atoms with Crippen LogP contribution in [0.5, 0.6) is 11.5 Å². The van der Waals surface area contributed by atoms with E-state index in [2.05, 4.69) is 29.7 Å². The van der Waals surface area contributed by atoms with Crippen molar-refractivity contribution in [1.82, 2.24) is 24.4 Å². The minimum Gasteiger partial charge on any atom is -0.457 e. The van der Waals surface area contributed by atoms with Crippen LogP contribution in [0.2, 0.25) is 0 Å². The summed E-state index contributed by atoms with van der Waals surface area (Å²) >= 11 is 1.24. The Hall–Kier alpha value is -4.81. The summed E-state index contributed by atoms with van der Waals surface area (Å²) in [4.78, 5) is 25.6. The van der Waals surface area contributed by atoms with E-state index in [4.69, 9.17) is 9.26 Å². The first-order valence-electron chi connectivity index (χ1n) is 13.1. The van der Waals surface area contributed by atoms with E-state index in [1.165, 1.54) is 11.5 Å². The Morgan fingerprint density at radius 3 is 2.46 bits per heavy atom. The predicted molar refractivity (Wildman–Crippen MR) is 154 cm³/mol. The molecule has 1 aliphatic rings. The van der Waals surface area contributed by atoms with Crippen LogP contribution in [-0.2, 0) is 0 Å². The number of aryl methyl sites for hydroxylation is 1. The van der Waals surface area contributed by atoms with E-state index in [1.807, 2.05) is 66.7 Å². The van der Waals surface area contributed by atoms with Gasteiger partial charge in [0.25, 0.3) is 0 Å². The monoisotopic (exact) mass is 569 g/mol. The molecule has 0 saturated carbocycles. The van der Waals surface area contributed by atoms with Gasteiger partial charge in [-0.25, -0.2) is 9.78 Å². The molecule has 0 spiro atoms. The number of benzene rings is 3. The van der Waals surface area contributed by atoms with Gasteiger partial charge in [0, 0.05) is 55.9 Å². The lowest BCUT2D eigenvalue weighted by atomic mass is 10.1. The van der Waals surface area contributed by atoms with Gasteiger partial charge in [0.15, 0.2) is 5.82 Å². The number of ether oxygens (including phenoxy) is 1. The van der Waals surface area contributed by atoms with Crippen molar-refractivity contribution in [2.45, 2.75) is 13.0 Å². The van der Waals surface area contributed by atoms with Crippen LogP contribution in [0.1, 0.15) is 23.4 Å². The molecule has 6 rings (SSSR count). The van der Waals surface area contributed by atoms with E-state index < -0.39 is 6.10 Å². The van der Waals surface area contributed by atoms with Gasteiger partial charge in [0.1, 0.15) is 17.6 Å². The number of aromatic nitrogens is 4. The average Bonchev–Trinajstić information content (AvgIpc) is 3.68. The highest BCUT2D eigenvalue weighted by Crippen LogP contribution is 2.28. The zero-order valence-corrected chi connectivity index (χ0v) is 23.0. The molecule has 41 heavy (non-hydrogen) atoms. The Morgan fingerprint density at radius 1 is 0.976 bits per heavy atom. The number of amides is 2. The first-order chi connectivity index (χ1) is 20.0. The standard InChI is InChI=1S/C29H27N7O4S/c1-19-30-26(33-40-19)21-6-5-7-22(18-21)31-28(38)35-14-16-36(17-15-35)29-32-27(34-41-29)25(37)20-10-12-24(13-11-20)39-23-8-3-2-4-9-23/h2-13,18,25,37H,14-17H2,1H3,(H,31,38). The number of piperazine rings is 1. The molecule has 0 radical (unpaired) electrons. The molecule has 5 aromatic rings. The molecule has 12 heteroatoms. The summed E-state index contributed by atoms with van der Waals surface area (Å²) in [6, 6.07) is 23.9. The second-order valence-corrected chi connectivity index (χ2v) is 10.2. The molecule has 0 bridgehead atoms. The van der Waals surface area contributed by atoms with Crippen molar-refractivity contribution in [2.24, 2.45) is 0 Å². The summed E-state index contributed by atoms with van der Waals surface area (Å²) in [6.45, 7) is 3.98. The largest absolute Gasteiger partial charge is 0.457 e. The molecule has 1 aliphatic heterocycles. The van der Waals surface area contributed by atoms with Crippen molar-refractivity contribution >= 4 is 28.4 Å². The fourth-order valence-corrected chi connectivity index (χ4v) is 5.16. The summed E-state index contributed by atoms with van der Waals surface area (Å²) in [6.07, 6.45) is -0.954. The van der Waals surface area contributed by atoms with Gasteiger partial charge >= 0.3 is 6.03 Å². The molecule has 2 aromatic heterocycles. The van der Waals surface area contributed by atoms with Gasteiger partial charge < -0.3 is 29.5 Å². The van der Waals surface area contributed by atoms with E-state index in [1.54, 1.807) is 24.0 Å². The van der Waals surface area contributed by atoms with E-state index >= 15 is 0 Å². The van der Waals surface area contributed by atoms with Crippen molar-refractivity contribution < 1.29 is 19.2 Å². The highest BCUT2D eigenvalue weighted by molar-refractivity contribution is 7.09. The number of hydrogen-bond acceptors (Lipinski definition) is 10. The van der Waals surface area contributed by atoms with Crippen LogP contribution >= 0.6 is 11.5 Å². The van der Waals surface area contributed by atoms with Crippen molar-refractivity contribution in [3.8, 4) is 22.9 Å². The third-order valence-corrected chi connectivity index (χ3v) is 7.38. The molecule has 1 atom stereocenters. The summed E-state index contributed by atoms with van der Waals surface area (Å²) < 4.78 is 15.3. The Kier molecular flexibility index (Phi) is 7.56. The van der Waals surface area contributed by atoms with Crippen molar-refractivity contribution in [3.63, 3.8) is 0 Å². The topological polar surface area (TPSA) is 130 Å². The number of aliphatic hydroxyl groups is 1. The van der Waals surface area contributed by atoms with Crippen LogP contribution in [0.3, 0.4) is 0 Å². The first-order valence-corrected chi connectivity index (χ1v) is 13.9. The van der Waals surface area contributed by atoms with Crippen LogP contribution in [0.15, 0.2) is 83.4 Å². The molecule has 2 amide bonds. The average molecular weight is 570 g/mol. The SMILES string of the molecule is Cc1nc(-c2cccc(NC(=O)N3CCN(c4nc(C(O)c5ccc(Oc6ccccc6)cc5)ns4)CC3)c2)no1. The molecular weight excluding hydrogens is 542 g/mol. The maximum atomic E-state index is 12.9. The third-order valence-electron chi connectivity index (χ3n) is 6.59. The Balaban J connectivity index is 1.02. The summed E-state index contributed by atoms with van der Waals surface area (Å²) in [7, 11) is 0. The Morgan fingerprint density at radius 2 is 1.73 bits per heavy atom. The van der Waals surface area contributed by atoms with Gasteiger partial charge in [-0.2, -0.15) is 9.36 Å². The lowest BCUT2D eigenvalue weighted by molar-refractivity contribution is 0.208. The Labute approximate surface area is 240 Å². The van der Waals surface area contributed by atoms with E-state index in [9.17, 15) is 9.90 Å². The summed E-state index contributed by atoms with van der Waals surface area (Å²) in [5.41, 5.74) is 2.09. The maximum Gasteiger partial charge on any atom is 0.321 e. The maximum absolute atomic E-state index is 12.9. The number of urea groups is 1. The second kappa shape index (κ2) is 11.7. The van der Waals surface area contributed by atoms with Gasteiger partial charge in [-0.1, -0.05) is 47.6 Å². The molecule has 2 N–H and O–H groups in total. The number of rotatable bonds is 7. The van der Waals surface area contributed by atoms with Crippen LogP contribution in [-0.4, -0.2) is 61.7 Å². The number of aliphatic hydroxyl groups excluding tert-OH is 1. The van der Waals surface area contributed by atoms with E-state index in [-0.39, 0.29) is 6.03 Å². The molecule has 208 valence electrons. The van der Waals surface area contributed by atoms with Crippen LogP contribution in [0.4, 0.5) is 15.6 Å². The molecule has 3 aromatic carbocycles. The fourth-order valence-electron chi connectivity index (χ4n) is 4.41. The van der Waals surface area contributed by atoms with E-state index in [0.29, 0.717) is 65.9 Å². The zero-order chi connectivity index (χ0) is 28.2. The third kappa shape index (κ3) is 6.18. The highest BCUT2D eigenvalue weighted by atomic mass is 32.1. The number of anilines is 2. The highest BCUT2D eigenvalue weighted by Gasteiger charge is 2.25. The molecule has 3 heterocycles. The number of para-hydroxylation sites is 1. The van der Waals surface area contributed by atoms with Crippen LogP contribution < -0.4 is 15.0 Å². The quantitative estimate of drug-likeness (QED) is 0.274. The molecule has 1 saturated heterocycles. The summed E-state index contributed by atoms with van der Waals surface area (Å²) in [5.74, 6) is 2.72. The van der Waals surface area contributed by atoms with Crippen molar-refractivity contribution in [2.75, 3.05) is 36.4 Å². The molecular formula is C29H27N7O4S. The molecule has 11 nitrogen and oxygen atoms in total. The first kappa shape index (κ1) is 26.4. The van der Waals surface area contributed by atoms with Gasteiger partial charge in [-0.15, -0.1) is 0 Å². The van der Waals surface area contributed by atoms with E-state index in [0.717, 1.165) is 11.3 Å². The minimum absolute atomic E-state index is 0.181. The van der Waals surface area contributed by atoms with Crippen LogP contribution in [0.25, 0.3) is 11.4 Å². The van der Waals surface area contributed by atoms with Crippen molar-refractivity contribution in [3.05, 3.63) is 96.1 Å². The van der Waals surface area contributed by atoms with Gasteiger partial charge in [-0.3, -0.25) is 0 Å². The number of nitrogens with zero attached hydrogens (tertiary/aromatic N) is 6. The van der Waals surface area contributed by atoms with Crippen molar-refractivity contribution in [1.29, 1.82) is 0 Å². The smallest absolute Gasteiger partial charge is 0.321 e. The molecule has 1 fully saturated rings. The van der Waals surface area contributed by atoms with Gasteiger partial charge in [0.05, 0.1) is 0 Å². The number of hydrogen-bond donors (Lipinski definition) is 2. The number of carbonyl (C=O) groups is 1. The van der Waals surface area contributed by atoms with Gasteiger partial charge in [0.2, 0.25) is 16.8 Å². The molecule has 1 unspecified atom stereocenters. The number of carbonyl (C=O) groups excluding carboxylic acids is 1. The normalized spacial score (nSPS) is 14.1. The summed E-state index contributed by atoms with van der Waals surface area (Å²) in [5, 5.41) is 18.5. The Bertz CT molecular complexity index is 1620. The zero-order valence-electron chi connectivity index (χ0n) is 22.2. The fraction of sp³-hybridized carbons (Fsp3) is 0.207. The van der Waals surface area contributed by atoms with Gasteiger partial charge in [-0.05, 0) is 42.0 Å².